The van der Waals surface area contributed by atoms with Gasteiger partial charge in [-0.1, -0.05) is 29.5 Å². The summed E-state index contributed by atoms with van der Waals surface area (Å²) in [6.07, 6.45) is 1.80. The average molecular weight is 457 g/mol. The number of rotatable bonds is 6. The molecule has 0 saturated carbocycles. The van der Waals surface area contributed by atoms with Crippen LogP contribution in [0.2, 0.25) is 0 Å². The lowest BCUT2D eigenvalue weighted by atomic mass is 9.99. The molecule has 1 atom stereocenters. The number of nitrogens with zero attached hydrogens (tertiary/aromatic N) is 3. The second kappa shape index (κ2) is 10.0. The van der Waals surface area contributed by atoms with E-state index in [1.54, 1.807) is 0 Å². The number of halogens is 1. The van der Waals surface area contributed by atoms with Gasteiger partial charge in [0.15, 0.2) is 0 Å². The van der Waals surface area contributed by atoms with E-state index in [0.29, 0.717) is 18.0 Å². The second-order valence-corrected chi connectivity index (χ2v) is 9.24. The predicted octanol–water partition coefficient (Wildman–Crippen LogP) is 4.43. The second-order valence-electron chi connectivity index (χ2n) is 7.19. The van der Waals surface area contributed by atoms with Crippen molar-refractivity contribution in [3.8, 4) is 0 Å². The van der Waals surface area contributed by atoms with Crippen LogP contribution in [0, 0.1) is 5.82 Å². The van der Waals surface area contributed by atoms with Crippen molar-refractivity contribution in [2.75, 3.05) is 24.2 Å². The molecule has 0 bridgehead atoms. The van der Waals surface area contributed by atoms with E-state index in [9.17, 15) is 14.0 Å². The maximum atomic E-state index is 13.0. The molecule has 0 aliphatic carbocycles. The molecule has 1 aliphatic heterocycles. The van der Waals surface area contributed by atoms with Gasteiger partial charge in [-0.05, 0) is 49.2 Å². The van der Waals surface area contributed by atoms with E-state index < -0.39 is 0 Å². The van der Waals surface area contributed by atoms with Gasteiger partial charge in [-0.25, -0.2) is 4.39 Å². The number of hydrogen-bond donors (Lipinski definition) is 1. The third kappa shape index (κ3) is 5.68. The van der Waals surface area contributed by atoms with E-state index in [2.05, 4.69) is 15.5 Å². The van der Waals surface area contributed by atoms with Gasteiger partial charge in [-0.3, -0.25) is 9.59 Å². The fraction of sp³-hybridized carbons (Fsp3) is 0.273. The lowest BCUT2D eigenvalue weighted by Crippen LogP contribution is -2.40. The summed E-state index contributed by atoms with van der Waals surface area (Å²) in [5, 5.41) is 11.9. The molecule has 1 aliphatic rings. The monoisotopic (exact) mass is 456 g/mol. The molecule has 0 radical (unpaired) electrons. The van der Waals surface area contributed by atoms with E-state index >= 15 is 0 Å². The van der Waals surface area contributed by atoms with E-state index in [1.165, 1.54) is 47.4 Å². The number of carbonyl (C=O) groups is 2. The maximum absolute atomic E-state index is 13.0. The summed E-state index contributed by atoms with van der Waals surface area (Å²) < 4.78 is 13.0. The first-order valence-electron chi connectivity index (χ1n) is 9.94. The van der Waals surface area contributed by atoms with E-state index in [-0.39, 0.29) is 28.6 Å². The molecule has 1 fully saturated rings. The van der Waals surface area contributed by atoms with Crippen LogP contribution in [0.25, 0.3) is 0 Å². The summed E-state index contributed by atoms with van der Waals surface area (Å²) in [5.74, 6) is -0.159. The summed E-state index contributed by atoms with van der Waals surface area (Å²) in [6.45, 7) is 1.32. The van der Waals surface area contributed by atoms with Crippen molar-refractivity contribution in [2.24, 2.45) is 0 Å². The Labute approximate surface area is 187 Å². The zero-order chi connectivity index (χ0) is 21.6. The smallest absolute Gasteiger partial charge is 0.286 e. The van der Waals surface area contributed by atoms with Gasteiger partial charge in [0.2, 0.25) is 10.9 Å². The molecule has 160 valence electrons. The number of aromatic nitrogens is 2. The number of benzene rings is 2. The van der Waals surface area contributed by atoms with Gasteiger partial charge >= 0.3 is 0 Å². The van der Waals surface area contributed by atoms with Crippen LogP contribution in [0.1, 0.15) is 33.6 Å². The Bertz CT molecular complexity index is 1040. The Balaban J connectivity index is 1.34. The first-order valence-corrected chi connectivity index (χ1v) is 11.7. The predicted molar refractivity (Wildman–Crippen MR) is 120 cm³/mol. The molecule has 31 heavy (non-hydrogen) atoms. The van der Waals surface area contributed by atoms with Gasteiger partial charge in [-0.2, -0.15) is 0 Å². The van der Waals surface area contributed by atoms with E-state index in [4.69, 9.17) is 0 Å². The third-order valence-electron chi connectivity index (χ3n) is 4.97. The Hall–Kier alpha value is -2.78. The molecule has 6 nitrogen and oxygen atoms in total. The summed E-state index contributed by atoms with van der Waals surface area (Å²) in [5.41, 5.74) is 0.494. The van der Waals surface area contributed by atoms with Gasteiger partial charge < -0.3 is 10.2 Å². The van der Waals surface area contributed by atoms with Crippen molar-refractivity contribution < 1.29 is 14.0 Å². The van der Waals surface area contributed by atoms with Crippen LogP contribution in [0.4, 0.5) is 10.1 Å². The average Bonchev–Trinajstić information content (AvgIpc) is 3.30. The number of carbonyl (C=O) groups excluding carboxylic acids is 2. The Morgan fingerprint density at radius 2 is 1.90 bits per heavy atom. The van der Waals surface area contributed by atoms with Crippen LogP contribution in [0.5, 0.6) is 0 Å². The van der Waals surface area contributed by atoms with Gasteiger partial charge in [-0.15, -0.1) is 22.0 Å². The highest BCUT2D eigenvalue weighted by Gasteiger charge is 2.28. The van der Waals surface area contributed by atoms with Gasteiger partial charge in [0.25, 0.3) is 5.91 Å². The fourth-order valence-electron chi connectivity index (χ4n) is 3.37. The molecule has 2 heterocycles. The number of hydrogen-bond acceptors (Lipinski definition) is 6. The van der Waals surface area contributed by atoms with Crippen LogP contribution in [0.15, 0.2) is 59.5 Å². The van der Waals surface area contributed by atoms with Crippen molar-refractivity contribution in [3.05, 3.63) is 70.4 Å². The maximum Gasteiger partial charge on any atom is 0.286 e. The highest BCUT2D eigenvalue weighted by atomic mass is 32.2. The van der Waals surface area contributed by atoms with E-state index in [0.717, 1.165) is 29.3 Å². The van der Waals surface area contributed by atoms with Crippen LogP contribution < -0.4 is 5.32 Å². The minimum absolute atomic E-state index is 0.0734. The molecule has 3 aromatic rings. The van der Waals surface area contributed by atoms with Gasteiger partial charge in [0, 0.05) is 29.6 Å². The van der Waals surface area contributed by atoms with Gasteiger partial charge in [0.05, 0.1) is 5.75 Å². The van der Waals surface area contributed by atoms with Gasteiger partial charge in [0.1, 0.15) is 10.8 Å². The zero-order valence-corrected chi connectivity index (χ0v) is 18.3. The number of thioether (sulfide) groups is 1. The van der Waals surface area contributed by atoms with Crippen LogP contribution in [0.3, 0.4) is 0 Å². The van der Waals surface area contributed by atoms with Crippen LogP contribution in [-0.4, -0.2) is 45.8 Å². The standard InChI is InChI=1S/C22H21FN4O2S2/c23-16-8-10-17(11-9-16)24-20(29)22-26-25-21(31-22)15-5-4-12-27(13-15)19(28)14-30-18-6-2-1-3-7-18/h1-3,6-11,15H,4-5,12-14H2,(H,24,29)/t15-/m0/s1. The quantitative estimate of drug-likeness (QED) is 0.556. The number of nitrogens with one attached hydrogen (secondary N) is 1. The summed E-state index contributed by atoms with van der Waals surface area (Å²) in [7, 11) is 0. The Morgan fingerprint density at radius 1 is 1.13 bits per heavy atom. The number of likely N-dealkylation sites (tertiary alicyclic amines) is 1. The molecular formula is C22H21FN4O2S2. The molecule has 1 saturated heterocycles. The molecule has 0 unspecified atom stereocenters. The molecule has 9 heteroatoms. The van der Waals surface area contributed by atoms with E-state index in [1.807, 2.05) is 35.2 Å². The lowest BCUT2D eigenvalue weighted by Gasteiger charge is -2.31. The molecule has 1 aromatic heterocycles. The molecular weight excluding hydrogens is 435 g/mol. The SMILES string of the molecule is O=C(Nc1ccc(F)cc1)c1nnc([C@H]2CCCN(C(=O)CSc3ccccc3)C2)s1. The summed E-state index contributed by atoms with van der Waals surface area (Å²) in [6, 6.07) is 15.4. The number of piperidine rings is 1. The summed E-state index contributed by atoms with van der Waals surface area (Å²) in [4.78, 5) is 28.0. The number of amides is 2. The van der Waals surface area contributed by atoms with Crippen molar-refractivity contribution in [3.63, 3.8) is 0 Å². The van der Waals surface area contributed by atoms with Crippen molar-refractivity contribution in [1.82, 2.24) is 15.1 Å². The molecule has 1 N–H and O–H groups in total. The normalized spacial score (nSPS) is 16.2. The van der Waals surface area contributed by atoms with Crippen molar-refractivity contribution in [1.29, 1.82) is 0 Å². The number of anilines is 1. The highest BCUT2D eigenvalue weighted by Crippen LogP contribution is 2.30. The lowest BCUT2D eigenvalue weighted by molar-refractivity contribution is -0.129. The molecule has 2 amide bonds. The minimum atomic E-state index is -0.377. The molecule has 4 rings (SSSR count). The fourth-order valence-corrected chi connectivity index (χ4v) is 5.05. The molecule has 2 aromatic carbocycles. The zero-order valence-electron chi connectivity index (χ0n) is 16.7. The van der Waals surface area contributed by atoms with Crippen LogP contribution >= 0.6 is 23.1 Å². The first-order chi connectivity index (χ1) is 15.1. The summed E-state index contributed by atoms with van der Waals surface area (Å²) >= 11 is 2.78. The van der Waals surface area contributed by atoms with Crippen molar-refractivity contribution >= 4 is 40.6 Å². The third-order valence-corrected chi connectivity index (χ3v) is 7.05. The minimum Gasteiger partial charge on any atom is -0.341 e. The van der Waals surface area contributed by atoms with Crippen molar-refractivity contribution in [2.45, 2.75) is 23.7 Å². The van der Waals surface area contributed by atoms with Crippen LogP contribution in [-0.2, 0) is 4.79 Å². The topological polar surface area (TPSA) is 75.2 Å². The highest BCUT2D eigenvalue weighted by molar-refractivity contribution is 8.00. The molecule has 0 spiro atoms. The Morgan fingerprint density at radius 3 is 2.68 bits per heavy atom. The first kappa shape index (κ1) is 21.5. The Kier molecular flexibility index (Phi) is 6.93. The largest absolute Gasteiger partial charge is 0.341 e.